The van der Waals surface area contributed by atoms with Crippen molar-refractivity contribution in [2.75, 3.05) is 0 Å². The average molecular weight is 521 g/mol. The van der Waals surface area contributed by atoms with E-state index >= 15 is 0 Å². The Morgan fingerprint density at radius 2 is 0.500 bits per heavy atom. The minimum atomic E-state index is -0.226. The monoisotopic (exact) mass is 520 g/mol. The SMILES string of the molecule is Fc1ccc(C=Cc2ccc3cc(C=Cc4ccc5cc(C=Cc6ccc(F)cc6)ccc5c4)ccc3c2)cc1. The van der Waals surface area contributed by atoms with E-state index in [0.29, 0.717) is 0 Å². The lowest BCUT2D eigenvalue weighted by molar-refractivity contribution is 0.627. The lowest BCUT2D eigenvalue weighted by Crippen LogP contribution is -1.80. The molecule has 0 aliphatic carbocycles. The van der Waals surface area contributed by atoms with Gasteiger partial charge in [-0.15, -0.1) is 0 Å². The van der Waals surface area contributed by atoms with Crippen molar-refractivity contribution in [2.45, 2.75) is 0 Å². The molecule has 0 aliphatic heterocycles. The van der Waals surface area contributed by atoms with Crippen molar-refractivity contribution in [3.8, 4) is 0 Å². The molecule has 0 N–H and O–H groups in total. The smallest absolute Gasteiger partial charge is 0.123 e. The van der Waals surface area contributed by atoms with Crippen LogP contribution in [0.4, 0.5) is 8.78 Å². The maximum Gasteiger partial charge on any atom is 0.123 e. The van der Waals surface area contributed by atoms with Crippen molar-refractivity contribution in [1.29, 1.82) is 0 Å². The van der Waals surface area contributed by atoms with E-state index < -0.39 is 0 Å². The van der Waals surface area contributed by atoms with Gasteiger partial charge in [0.2, 0.25) is 0 Å². The second-order valence-electron chi connectivity index (χ2n) is 9.84. The van der Waals surface area contributed by atoms with Crippen LogP contribution in [-0.2, 0) is 0 Å². The van der Waals surface area contributed by atoms with Gasteiger partial charge in [-0.05, 0) is 103 Å². The van der Waals surface area contributed by atoms with E-state index in [1.165, 1.54) is 45.8 Å². The minimum Gasteiger partial charge on any atom is -0.207 e. The van der Waals surface area contributed by atoms with Crippen LogP contribution in [0.2, 0.25) is 0 Å². The molecule has 6 rings (SSSR count). The summed E-state index contributed by atoms with van der Waals surface area (Å²) in [7, 11) is 0. The molecule has 0 saturated carbocycles. The normalized spacial score (nSPS) is 11.9. The molecule has 0 aromatic heterocycles. The Morgan fingerprint density at radius 1 is 0.275 bits per heavy atom. The maximum atomic E-state index is 13.1. The third-order valence-electron chi connectivity index (χ3n) is 6.92. The summed E-state index contributed by atoms with van der Waals surface area (Å²) >= 11 is 0. The second kappa shape index (κ2) is 11.3. The molecule has 0 aliphatic rings. The van der Waals surface area contributed by atoms with Crippen molar-refractivity contribution in [3.05, 3.63) is 166 Å². The van der Waals surface area contributed by atoms with E-state index in [0.717, 1.165) is 33.4 Å². The number of hydrogen-bond acceptors (Lipinski definition) is 0. The Hall–Kier alpha value is -5.08. The molecule has 6 aromatic rings. The summed E-state index contributed by atoms with van der Waals surface area (Å²) < 4.78 is 26.2. The predicted molar refractivity (Wildman–Crippen MR) is 167 cm³/mol. The fraction of sp³-hybridized carbons (Fsp3) is 0. The number of benzene rings is 6. The first-order chi connectivity index (χ1) is 19.6. The van der Waals surface area contributed by atoms with Crippen LogP contribution in [0.3, 0.4) is 0 Å². The third kappa shape index (κ3) is 6.14. The van der Waals surface area contributed by atoms with E-state index in [4.69, 9.17) is 0 Å². The molecule has 0 fully saturated rings. The van der Waals surface area contributed by atoms with E-state index in [1.54, 1.807) is 24.3 Å². The zero-order chi connectivity index (χ0) is 27.3. The van der Waals surface area contributed by atoms with Crippen molar-refractivity contribution in [3.63, 3.8) is 0 Å². The van der Waals surface area contributed by atoms with Crippen molar-refractivity contribution in [2.24, 2.45) is 0 Å². The van der Waals surface area contributed by atoms with Crippen LogP contribution < -0.4 is 0 Å². The van der Waals surface area contributed by atoms with Crippen LogP contribution in [0, 0.1) is 11.6 Å². The van der Waals surface area contributed by atoms with Gasteiger partial charge in [0.25, 0.3) is 0 Å². The molecule has 6 aromatic carbocycles. The molecule has 0 unspecified atom stereocenters. The molecule has 0 atom stereocenters. The molecule has 0 radical (unpaired) electrons. The van der Waals surface area contributed by atoms with Gasteiger partial charge in [0.1, 0.15) is 11.6 Å². The molecule has 0 spiro atoms. The minimum absolute atomic E-state index is 0.226. The molecule has 0 heterocycles. The molecule has 192 valence electrons. The highest BCUT2D eigenvalue weighted by molar-refractivity contribution is 5.91. The average Bonchev–Trinajstić information content (AvgIpc) is 2.99. The van der Waals surface area contributed by atoms with Crippen LogP contribution in [0.25, 0.3) is 58.0 Å². The highest BCUT2D eigenvalue weighted by Crippen LogP contribution is 2.23. The zero-order valence-corrected chi connectivity index (χ0v) is 21.8. The van der Waals surface area contributed by atoms with Crippen LogP contribution in [0.1, 0.15) is 33.4 Å². The Bertz CT molecular complexity index is 1750. The Kier molecular flexibility index (Phi) is 7.15. The molecule has 0 saturated heterocycles. The van der Waals surface area contributed by atoms with Crippen LogP contribution in [0.5, 0.6) is 0 Å². The highest BCUT2D eigenvalue weighted by atomic mass is 19.1. The van der Waals surface area contributed by atoms with E-state index in [1.807, 2.05) is 24.3 Å². The molecule has 40 heavy (non-hydrogen) atoms. The van der Waals surface area contributed by atoms with Gasteiger partial charge in [-0.2, -0.15) is 0 Å². The lowest BCUT2D eigenvalue weighted by Gasteiger charge is -2.04. The molecular weight excluding hydrogens is 494 g/mol. The van der Waals surface area contributed by atoms with Gasteiger partial charge in [-0.3, -0.25) is 0 Å². The lowest BCUT2D eigenvalue weighted by atomic mass is 10.0. The van der Waals surface area contributed by atoms with Gasteiger partial charge in [0, 0.05) is 0 Å². The first-order valence-corrected chi connectivity index (χ1v) is 13.2. The highest BCUT2D eigenvalue weighted by Gasteiger charge is 1.99. The Balaban J connectivity index is 1.15. The maximum absolute atomic E-state index is 13.1. The summed E-state index contributed by atoms with van der Waals surface area (Å²) in [5, 5.41) is 4.71. The summed E-state index contributed by atoms with van der Waals surface area (Å²) in [6.07, 6.45) is 12.4. The standard InChI is InChI=1S/C38H26F2/c39-37-19-11-27(12-20-37)1-3-29-7-15-35-25-31(9-17-33(35)23-29)5-6-32-10-18-34-24-30(8-16-36(34)26-32)4-2-28-13-21-38(40)22-14-28/h1-26H. The Labute approximate surface area is 232 Å². The number of hydrogen-bond donors (Lipinski definition) is 0. The van der Waals surface area contributed by atoms with Crippen molar-refractivity contribution in [1.82, 2.24) is 0 Å². The molecule has 2 heteroatoms. The first kappa shape index (κ1) is 25.2. The Morgan fingerprint density at radius 3 is 0.775 bits per heavy atom. The summed E-state index contributed by atoms with van der Waals surface area (Å²) in [5.41, 5.74) is 6.42. The van der Waals surface area contributed by atoms with Crippen LogP contribution in [-0.4, -0.2) is 0 Å². The molecule has 0 bridgehead atoms. The third-order valence-corrected chi connectivity index (χ3v) is 6.92. The van der Waals surface area contributed by atoms with Gasteiger partial charge in [-0.1, -0.05) is 109 Å². The van der Waals surface area contributed by atoms with Crippen LogP contribution >= 0.6 is 0 Å². The fourth-order valence-electron chi connectivity index (χ4n) is 4.71. The van der Waals surface area contributed by atoms with Gasteiger partial charge < -0.3 is 0 Å². The predicted octanol–water partition coefficient (Wildman–Crippen LogP) is 10.8. The summed E-state index contributed by atoms with van der Waals surface area (Å²) in [5.74, 6) is -0.452. The second-order valence-corrected chi connectivity index (χ2v) is 9.84. The molecule has 0 nitrogen and oxygen atoms in total. The number of halogens is 2. The van der Waals surface area contributed by atoms with Gasteiger partial charge in [0.05, 0.1) is 0 Å². The quantitative estimate of drug-likeness (QED) is 0.192. The van der Waals surface area contributed by atoms with Gasteiger partial charge >= 0.3 is 0 Å². The number of fused-ring (bicyclic) bond motifs is 2. The van der Waals surface area contributed by atoms with E-state index in [-0.39, 0.29) is 11.6 Å². The fourth-order valence-corrected chi connectivity index (χ4v) is 4.71. The van der Waals surface area contributed by atoms with Crippen molar-refractivity contribution >= 4 is 58.0 Å². The largest absolute Gasteiger partial charge is 0.207 e. The molecular formula is C38H26F2. The van der Waals surface area contributed by atoms with Gasteiger partial charge in [0.15, 0.2) is 0 Å². The van der Waals surface area contributed by atoms with Crippen molar-refractivity contribution < 1.29 is 8.78 Å². The first-order valence-electron chi connectivity index (χ1n) is 13.2. The zero-order valence-electron chi connectivity index (χ0n) is 21.8. The van der Waals surface area contributed by atoms with Gasteiger partial charge in [-0.25, -0.2) is 8.78 Å². The topological polar surface area (TPSA) is 0 Å². The van der Waals surface area contributed by atoms with E-state index in [2.05, 4.69) is 84.9 Å². The summed E-state index contributed by atoms with van der Waals surface area (Å²) in [6, 6.07) is 38.7. The summed E-state index contributed by atoms with van der Waals surface area (Å²) in [6.45, 7) is 0. The van der Waals surface area contributed by atoms with E-state index in [9.17, 15) is 8.78 Å². The number of rotatable bonds is 6. The summed E-state index contributed by atoms with van der Waals surface area (Å²) in [4.78, 5) is 0. The molecule has 0 amide bonds. The van der Waals surface area contributed by atoms with Crippen LogP contribution in [0.15, 0.2) is 121 Å².